The number of amides is 1. The second-order valence-electron chi connectivity index (χ2n) is 3.49. The second kappa shape index (κ2) is 5.90. The molecule has 1 aliphatic rings. The van der Waals surface area contributed by atoms with Gasteiger partial charge in [-0.3, -0.25) is 0 Å². The normalized spacial score (nSPS) is 13.4. The van der Waals surface area contributed by atoms with Crippen LogP contribution in [0.4, 0.5) is 4.79 Å². The van der Waals surface area contributed by atoms with Crippen molar-refractivity contribution in [2.45, 2.75) is 6.92 Å². The molecule has 2 rings (SSSR count). The first-order valence-corrected chi connectivity index (χ1v) is 5.65. The van der Waals surface area contributed by atoms with E-state index in [0.29, 0.717) is 25.6 Å². The molecule has 6 heteroatoms. The Kier molecular flexibility index (Phi) is 4.01. The van der Waals surface area contributed by atoms with Gasteiger partial charge in [0.1, 0.15) is 13.2 Å². The molecule has 6 nitrogen and oxygen atoms in total. The van der Waals surface area contributed by atoms with Crippen LogP contribution in [0.3, 0.4) is 0 Å². The molecule has 0 unspecified atom stereocenters. The van der Waals surface area contributed by atoms with E-state index in [4.69, 9.17) is 9.47 Å². The summed E-state index contributed by atoms with van der Waals surface area (Å²) in [5.74, 6) is 1.40. The highest BCUT2D eigenvalue weighted by Gasteiger charge is 2.10. The molecule has 0 bridgehead atoms. The molecular weight excluding hydrogens is 236 g/mol. The van der Waals surface area contributed by atoms with Gasteiger partial charge in [0, 0.05) is 0 Å². The molecule has 1 N–H and O–H groups in total. The lowest BCUT2D eigenvalue weighted by molar-refractivity contribution is 0.152. The van der Waals surface area contributed by atoms with Gasteiger partial charge in [0.25, 0.3) is 0 Å². The summed E-state index contributed by atoms with van der Waals surface area (Å²) < 4.78 is 15.5. The van der Waals surface area contributed by atoms with Crippen LogP contribution in [0.5, 0.6) is 11.5 Å². The fourth-order valence-corrected chi connectivity index (χ4v) is 1.46. The predicted octanol–water partition coefficient (Wildman–Crippen LogP) is 1.54. The molecule has 0 fully saturated rings. The maximum absolute atomic E-state index is 11.0. The molecule has 1 aliphatic heterocycles. The number of ether oxygens (including phenoxy) is 3. The molecule has 1 heterocycles. The van der Waals surface area contributed by atoms with Gasteiger partial charge in [-0.2, -0.15) is 5.10 Å². The number of carbonyl (C=O) groups excluding carboxylic acids is 1. The highest BCUT2D eigenvalue weighted by Crippen LogP contribution is 2.30. The molecule has 0 saturated heterocycles. The van der Waals surface area contributed by atoms with Crippen molar-refractivity contribution >= 4 is 12.3 Å². The minimum absolute atomic E-state index is 0.311. The number of hydrogen-bond donors (Lipinski definition) is 1. The first kappa shape index (κ1) is 12.2. The van der Waals surface area contributed by atoms with Gasteiger partial charge < -0.3 is 14.2 Å². The van der Waals surface area contributed by atoms with E-state index in [1.165, 1.54) is 6.21 Å². The molecule has 0 atom stereocenters. The Bertz CT molecular complexity index is 459. The number of benzene rings is 1. The third-order valence-corrected chi connectivity index (χ3v) is 2.21. The van der Waals surface area contributed by atoms with Crippen LogP contribution in [-0.4, -0.2) is 32.1 Å². The zero-order valence-electron chi connectivity index (χ0n) is 10.0. The van der Waals surface area contributed by atoms with Gasteiger partial charge in [0.05, 0.1) is 12.8 Å². The maximum atomic E-state index is 11.0. The minimum Gasteiger partial charge on any atom is -0.486 e. The predicted molar refractivity (Wildman–Crippen MR) is 65.2 cm³/mol. The van der Waals surface area contributed by atoms with Crippen LogP contribution < -0.4 is 14.9 Å². The molecule has 18 heavy (non-hydrogen) atoms. The third kappa shape index (κ3) is 3.13. The lowest BCUT2D eigenvalue weighted by Gasteiger charge is -2.18. The number of nitrogens with zero attached hydrogens (tertiary/aromatic N) is 1. The molecule has 0 aliphatic carbocycles. The van der Waals surface area contributed by atoms with Gasteiger partial charge in [-0.15, -0.1) is 0 Å². The minimum atomic E-state index is -0.578. The molecule has 1 aromatic rings. The van der Waals surface area contributed by atoms with Gasteiger partial charge in [-0.1, -0.05) is 0 Å². The van der Waals surface area contributed by atoms with Crippen LogP contribution in [-0.2, 0) is 4.74 Å². The van der Waals surface area contributed by atoms with Crippen molar-refractivity contribution in [1.82, 2.24) is 5.43 Å². The molecule has 96 valence electrons. The molecule has 0 spiro atoms. The van der Waals surface area contributed by atoms with Crippen LogP contribution in [0.2, 0.25) is 0 Å². The largest absolute Gasteiger partial charge is 0.486 e. The summed E-state index contributed by atoms with van der Waals surface area (Å²) in [6.45, 7) is 3.13. The first-order chi connectivity index (χ1) is 8.79. The average molecular weight is 250 g/mol. The molecule has 1 aromatic carbocycles. The highest BCUT2D eigenvalue weighted by atomic mass is 16.6. The molecule has 1 amide bonds. The quantitative estimate of drug-likeness (QED) is 0.652. The van der Waals surface area contributed by atoms with Crippen molar-refractivity contribution in [3.63, 3.8) is 0 Å². The van der Waals surface area contributed by atoms with Crippen LogP contribution >= 0.6 is 0 Å². The number of nitrogens with one attached hydrogen (secondary N) is 1. The Morgan fingerprint density at radius 3 is 3.00 bits per heavy atom. The van der Waals surface area contributed by atoms with Gasteiger partial charge in [0.2, 0.25) is 0 Å². The van der Waals surface area contributed by atoms with Crippen molar-refractivity contribution in [2.75, 3.05) is 19.8 Å². The Morgan fingerprint density at radius 2 is 2.22 bits per heavy atom. The summed E-state index contributed by atoms with van der Waals surface area (Å²) >= 11 is 0. The number of hydrazone groups is 1. The van der Waals surface area contributed by atoms with E-state index >= 15 is 0 Å². The van der Waals surface area contributed by atoms with Crippen molar-refractivity contribution in [3.8, 4) is 11.5 Å². The van der Waals surface area contributed by atoms with Crippen LogP contribution in [0.15, 0.2) is 23.3 Å². The van der Waals surface area contributed by atoms with Crippen molar-refractivity contribution in [3.05, 3.63) is 23.8 Å². The lowest BCUT2D eigenvalue weighted by Crippen LogP contribution is -2.18. The van der Waals surface area contributed by atoms with E-state index < -0.39 is 6.09 Å². The average Bonchev–Trinajstić information content (AvgIpc) is 2.39. The number of rotatable bonds is 3. The molecular formula is C12H14N2O4. The SMILES string of the molecule is CCOC(=O)N/N=C/c1ccc2c(c1)OCCO2. The monoisotopic (exact) mass is 250 g/mol. The van der Waals surface area contributed by atoms with E-state index in [0.717, 1.165) is 11.3 Å². The summed E-state index contributed by atoms with van der Waals surface area (Å²) in [6, 6.07) is 5.43. The standard InChI is InChI=1S/C12H14N2O4/c1-2-16-12(15)14-13-8-9-3-4-10-11(7-9)18-6-5-17-10/h3-4,7-8H,2,5-6H2,1H3,(H,14,15)/b13-8+. The van der Waals surface area contributed by atoms with Gasteiger partial charge >= 0.3 is 6.09 Å². The first-order valence-electron chi connectivity index (χ1n) is 5.65. The summed E-state index contributed by atoms with van der Waals surface area (Å²) in [4.78, 5) is 11.0. The van der Waals surface area contributed by atoms with Crippen molar-refractivity contribution in [1.29, 1.82) is 0 Å². The van der Waals surface area contributed by atoms with Crippen LogP contribution in [0.1, 0.15) is 12.5 Å². The highest BCUT2D eigenvalue weighted by molar-refractivity contribution is 5.82. The van der Waals surface area contributed by atoms with Crippen LogP contribution in [0, 0.1) is 0 Å². The van der Waals surface area contributed by atoms with E-state index in [-0.39, 0.29) is 0 Å². The van der Waals surface area contributed by atoms with Gasteiger partial charge in [-0.05, 0) is 30.7 Å². The van der Waals surface area contributed by atoms with Gasteiger partial charge in [-0.25, -0.2) is 10.2 Å². The summed E-state index contributed by atoms with van der Waals surface area (Å²) in [7, 11) is 0. The van der Waals surface area contributed by atoms with E-state index in [1.807, 2.05) is 6.07 Å². The van der Waals surface area contributed by atoms with E-state index in [9.17, 15) is 4.79 Å². The Hall–Kier alpha value is -2.24. The van der Waals surface area contributed by atoms with E-state index in [1.54, 1.807) is 19.1 Å². The fourth-order valence-electron chi connectivity index (χ4n) is 1.46. The van der Waals surface area contributed by atoms with Crippen molar-refractivity contribution < 1.29 is 19.0 Å². The second-order valence-corrected chi connectivity index (χ2v) is 3.49. The fraction of sp³-hybridized carbons (Fsp3) is 0.333. The Morgan fingerprint density at radius 1 is 1.44 bits per heavy atom. The van der Waals surface area contributed by atoms with Crippen molar-refractivity contribution in [2.24, 2.45) is 5.10 Å². The maximum Gasteiger partial charge on any atom is 0.427 e. The summed E-state index contributed by atoms with van der Waals surface area (Å²) in [5, 5.41) is 3.76. The number of hydrogen-bond acceptors (Lipinski definition) is 5. The van der Waals surface area contributed by atoms with Gasteiger partial charge in [0.15, 0.2) is 11.5 Å². The smallest absolute Gasteiger partial charge is 0.427 e. The molecule has 0 saturated carbocycles. The third-order valence-electron chi connectivity index (χ3n) is 2.21. The Labute approximate surface area is 105 Å². The molecule has 0 radical (unpaired) electrons. The number of fused-ring (bicyclic) bond motifs is 1. The topological polar surface area (TPSA) is 69.2 Å². The van der Waals surface area contributed by atoms with E-state index in [2.05, 4.69) is 15.3 Å². The lowest BCUT2D eigenvalue weighted by atomic mass is 10.2. The summed E-state index contributed by atoms with van der Waals surface area (Å²) in [6.07, 6.45) is 0.932. The van der Waals surface area contributed by atoms with Crippen LogP contribution in [0.25, 0.3) is 0 Å². The zero-order chi connectivity index (χ0) is 12.8. The molecule has 0 aromatic heterocycles. The number of carbonyl (C=O) groups is 1. The summed E-state index contributed by atoms with van der Waals surface area (Å²) in [5.41, 5.74) is 3.05. The zero-order valence-corrected chi connectivity index (χ0v) is 10.0. The Balaban J connectivity index is 1.97.